The van der Waals surface area contributed by atoms with E-state index in [0.29, 0.717) is 13.0 Å². The summed E-state index contributed by atoms with van der Waals surface area (Å²) in [6.45, 7) is 6.82. The molecule has 92 valence electrons. The predicted molar refractivity (Wildman–Crippen MR) is 66.5 cm³/mol. The van der Waals surface area contributed by atoms with Crippen molar-refractivity contribution < 1.29 is 9.18 Å². The highest BCUT2D eigenvalue weighted by atomic mass is 19.1. The van der Waals surface area contributed by atoms with Gasteiger partial charge in [0.2, 0.25) is 5.91 Å². The van der Waals surface area contributed by atoms with E-state index in [1.165, 1.54) is 12.1 Å². The maximum Gasteiger partial charge on any atom is 0.227 e. The number of amides is 1. The zero-order valence-electron chi connectivity index (χ0n) is 10.6. The number of rotatable bonds is 1. The maximum absolute atomic E-state index is 13.1. The summed E-state index contributed by atoms with van der Waals surface area (Å²) < 4.78 is 13.1. The van der Waals surface area contributed by atoms with Crippen LogP contribution in [0.15, 0.2) is 18.2 Å². The standard InChI is InChI=1S/C14H18FNO/c1-14(2,3)9-13(17)16-7-6-10-8-11(15)4-5-12(10)16/h4-5,8H,6-7,9H2,1-3H3. The summed E-state index contributed by atoms with van der Waals surface area (Å²) in [5, 5.41) is 0. The Hall–Kier alpha value is -1.38. The third kappa shape index (κ3) is 2.65. The molecule has 0 saturated heterocycles. The Balaban J connectivity index is 2.20. The lowest BCUT2D eigenvalue weighted by molar-refractivity contribution is -0.120. The van der Waals surface area contributed by atoms with Crippen molar-refractivity contribution >= 4 is 11.6 Å². The molecule has 0 bridgehead atoms. The average molecular weight is 235 g/mol. The van der Waals surface area contributed by atoms with Crippen LogP contribution in [0, 0.1) is 11.2 Å². The molecule has 0 fully saturated rings. The average Bonchev–Trinajstić information content (AvgIpc) is 2.57. The number of nitrogens with zero attached hydrogens (tertiary/aromatic N) is 1. The highest BCUT2D eigenvalue weighted by Crippen LogP contribution is 2.31. The normalized spacial score (nSPS) is 14.9. The van der Waals surface area contributed by atoms with Crippen molar-refractivity contribution in [3.63, 3.8) is 0 Å². The number of anilines is 1. The second-order valence-corrected chi connectivity index (χ2v) is 5.81. The van der Waals surface area contributed by atoms with E-state index in [0.717, 1.165) is 17.7 Å². The quantitative estimate of drug-likeness (QED) is 0.732. The molecule has 0 atom stereocenters. The van der Waals surface area contributed by atoms with Gasteiger partial charge in [-0.15, -0.1) is 0 Å². The molecule has 3 heteroatoms. The lowest BCUT2D eigenvalue weighted by Gasteiger charge is -2.23. The fourth-order valence-corrected chi connectivity index (χ4v) is 2.18. The van der Waals surface area contributed by atoms with Crippen LogP contribution in [-0.2, 0) is 11.2 Å². The smallest absolute Gasteiger partial charge is 0.227 e. The SMILES string of the molecule is CC(C)(C)CC(=O)N1CCc2cc(F)ccc21. The summed E-state index contributed by atoms with van der Waals surface area (Å²) in [7, 11) is 0. The van der Waals surface area contributed by atoms with Gasteiger partial charge in [-0.25, -0.2) is 4.39 Å². The number of fused-ring (bicyclic) bond motifs is 1. The zero-order valence-corrected chi connectivity index (χ0v) is 10.6. The number of carbonyl (C=O) groups excluding carboxylic acids is 1. The molecule has 0 spiro atoms. The first-order chi connectivity index (χ1) is 7.87. The molecule has 2 nitrogen and oxygen atoms in total. The summed E-state index contributed by atoms with van der Waals surface area (Å²) in [6, 6.07) is 4.65. The van der Waals surface area contributed by atoms with Crippen molar-refractivity contribution in [2.24, 2.45) is 5.41 Å². The molecule has 0 aliphatic carbocycles. The van der Waals surface area contributed by atoms with Gasteiger partial charge in [0.05, 0.1) is 0 Å². The van der Waals surface area contributed by atoms with E-state index in [1.807, 2.05) is 20.8 Å². The number of hydrogen-bond acceptors (Lipinski definition) is 1. The Labute approximate surface area is 101 Å². The minimum Gasteiger partial charge on any atom is -0.312 e. The van der Waals surface area contributed by atoms with Crippen molar-refractivity contribution in [2.75, 3.05) is 11.4 Å². The number of benzene rings is 1. The first-order valence-corrected chi connectivity index (χ1v) is 5.96. The molecule has 1 heterocycles. The molecule has 1 aliphatic rings. The van der Waals surface area contributed by atoms with Gasteiger partial charge in [0.15, 0.2) is 0 Å². The molecule has 0 radical (unpaired) electrons. The Kier molecular flexibility index (Phi) is 2.94. The minimum absolute atomic E-state index is 0.0140. The molecule has 17 heavy (non-hydrogen) atoms. The summed E-state index contributed by atoms with van der Waals surface area (Å²) >= 11 is 0. The van der Waals surface area contributed by atoms with Crippen LogP contribution in [-0.4, -0.2) is 12.5 Å². The van der Waals surface area contributed by atoms with Crippen LogP contribution >= 0.6 is 0 Å². The van der Waals surface area contributed by atoms with Crippen molar-refractivity contribution in [1.29, 1.82) is 0 Å². The molecule has 1 aromatic rings. The first kappa shape index (κ1) is 12.1. The topological polar surface area (TPSA) is 20.3 Å². The van der Waals surface area contributed by atoms with Gasteiger partial charge in [0.1, 0.15) is 5.82 Å². The molecule has 1 aromatic carbocycles. The highest BCUT2D eigenvalue weighted by molar-refractivity contribution is 5.95. The van der Waals surface area contributed by atoms with Crippen molar-refractivity contribution in [2.45, 2.75) is 33.6 Å². The maximum atomic E-state index is 13.1. The fraction of sp³-hybridized carbons (Fsp3) is 0.500. The van der Waals surface area contributed by atoms with E-state index in [1.54, 1.807) is 11.0 Å². The van der Waals surface area contributed by atoms with Gasteiger partial charge in [0.25, 0.3) is 0 Å². The second-order valence-electron chi connectivity index (χ2n) is 5.81. The molecule has 0 saturated carbocycles. The van der Waals surface area contributed by atoms with E-state index in [4.69, 9.17) is 0 Å². The Morgan fingerprint density at radius 1 is 1.41 bits per heavy atom. The lowest BCUT2D eigenvalue weighted by Crippen LogP contribution is -2.31. The van der Waals surface area contributed by atoms with Crippen LogP contribution < -0.4 is 4.90 Å². The summed E-state index contributed by atoms with van der Waals surface area (Å²) in [5.74, 6) is -0.100. The number of hydrogen-bond donors (Lipinski definition) is 0. The van der Waals surface area contributed by atoms with E-state index in [-0.39, 0.29) is 17.1 Å². The van der Waals surface area contributed by atoms with Gasteiger partial charge in [0, 0.05) is 18.7 Å². The summed E-state index contributed by atoms with van der Waals surface area (Å²) in [5.41, 5.74) is 1.80. The molecule has 0 aromatic heterocycles. The predicted octanol–water partition coefficient (Wildman–Crippen LogP) is 3.15. The fourth-order valence-electron chi connectivity index (χ4n) is 2.18. The van der Waals surface area contributed by atoms with Crippen molar-refractivity contribution in [3.8, 4) is 0 Å². The largest absolute Gasteiger partial charge is 0.312 e. The highest BCUT2D eigenvalue weighted by Gasteiger charge is 2.27. The zero-order chi connectivity index (χ0) is 12.6. The molecule has 2 rings (SSSR count). The van der Waals surface area contributed by atoms with Gasteiger partial charge in [-0.1, -0.05) is 20.8 Å². The molecule has 0 unspecified atom stereocenters. The number of halogens is 1. The number of carbonyl (C=O) groups is 1. The van der Waals surface area contributed by atoms with E-state index in [9.17, 15) is 9.18 Å². The third-order valence-corrected chi connectivity index (χ3v) is 2.92. The molecule has 0 N–H and O–H groups in total. The Morgan fingerprint density at radius 3 is 2.76 bits per heavy atom. The molecular formula is C14H18FNO. The minimum atomic E-state index is -0.228. The molecular weight excluding hydrogens is 217 g/mol. The summed E-state index contributed by atoms with van der Waals surface area (Å²) in [6.07, 6.45) is 1.27. The van der Waals surface area contributed by atoms with Crippen LogP contribution in [0.25, 0.3) is 0 Å². The van der Waals surface area contributed by atoms with Gasteiger partial charge in [-0.2, -0.15) is 0 Å². The second kappa shape index (κ2) is 4.13. The van der Waals surface area contributed by atoms with Crippen LogP contribution in [0.1, 0.15) is 32.8 Å². The van der Waals surface area contributed by atoms with Gasteiger partial charge in [-0.05, 0) is 35.6 Å². The van der Waals surface area contributed by atoms with E-state index >= 15 is 0 Å². The van der Waals surface area contributed by atoms with Crippen LogP contribution in [0.3, 0.4) is 0 Å². The van der Waals surface area contributed by atoms with Gasteiger partial charge < -0.3 is 4.90 Å². The lowest BCUT2D eigenvalue weighted by atomic mass is 9.91. The molecule has 1 aliphatic heterocycles. The first-order valence-electron chi connectivity index (χ1n) is 5.96. The van der Waals surface area contributed by atoms with Gasteiger partial charge in [-0.3, -0.25) is 4.79 Å². The van der Waals surface area contributed by atoms with Crippen LogP contribution in [0.5, 0.6) is 0 Å². The van der Waals surface area contributed by atoms with Crippen LogP contribution in [0.4, 0.5) is 10.1 Å². The van der Waals surface area contributed by atoms with Crippen molar-refractivity contribution in [3.05, 3.63) is 29.6 Å². The monoisotopic (exact) mass is 235 g/mol. The van der Waals surface area contributed by atoms with Gasteiger partial charge >= 0.3 is 0 Å². The van der Waals surface area contributed by atoms with E-state index < -0.39 is 0 Å². The Morgan fingerprint density at radius 2 is 2.12 bits per heavy atom. The Bertz CT molecular complexity index is 448. The molecule has 1 amide bonds. The van der Waals surface area contributed by atoms with Crippen molar-refractivity contribution in [1.82, 2.24) is 0 Å². The summed E-state index contributed by atoms with van der Waals surface area (Å²) in [4.78, 5) is 13.9. The van der Waals surface area contributed by atoms with Crippen LogP contribution in [0.2, 0.25) is 0 Å². The van der Waals surface area contributed by atoms with E-state index in [2.05, 4.69) is 0 Å². The third-order valence-electron chi connectivity index (χ3n) is 2.92.